The van der Waals surface area contributed by atoms with Crippen LogP contribution < -0.4 is 0 Å². The average Bonchev–Trinajstić information content (AvgIpc) is 2.89. The fourth-order valence-electron chi connectivity index (χ4n) is 3.04. The van der Waals surface area contributed by atoms with Crippen LogP contribution in [-0.2, 0) is 0 Å². The Morgan fingerprint density at radius 2 is 1.88 bits per heavy atom. The highest BCUT2D eigenvalue weighted by Crippen LogP contribution is 2.28. The number of benzene rings is 2. The lowest BCUT2D eigenvalue weighted by atomic mass is 10.0. The van der Waals surface area contributed by atoms with Gasteiger partial charge in [0.2, 0.25) is 0 Å². The van der Waals surface area contributed by atoms with E-state index in [-0.39, 0.29) is 0 Å². The van der Waals surface area contributed by atoms with Crippen molar-refractivity contribution >= 4 is 39.2 Å². The molecule has 0 atom stereocenters. The van der Waals surface area contributed by atoms with Crippen molar-refractivity contribution in [1.82, 2.24) is 4.57 Å². The van der Waals surface area contributed by atoms with Gasteiger partial charge < -0.3 is 4.57 Å². The SMILES string of the molecule is Cc1ccc(-n2c(C)cc(/C=C(/C#N)c3cccc(Cl)c3)c2C)cc1Br. The first-order valence-corrected chi connectivity index (χ1v) is 9.41. The molecule has 0 spiro atoms. The smallest absolute Gasteiger partial charge is 0.0998 e. The normalized spacial score (nSPS) is 11.5. The third kappa shape index (κ3) is 3.62. The van der Waals surface area contributed by atoms with Crippen LogP contribution in [0.3, 0.4) is 0 Å². The number of halogens is 2. The third-order valence-corrected chi connectivity index (χ3v) is 5.53. The van der Waals surface area contributed by atoms with Crippen molar-refractivity contribution in [3.8, 4) is 11.8 Å². The lowest BCUT2D eigenvalue weighted by molar-refractivity contribution is 0.962. The Morgan fingerprint density at radius 1 is 1.12 bits per heavy atom. The van der Waals surface area contributed by atoms with Crippen LogP contribution in [0.5, 0.6) is 0 Å². The minimum Gasteiger partial charge on any atom is -0.318 e. The number of aryl methyl sites for hydroxylation is 2. The number of rotatable bonds is 3. The van der Waals surface area contributed by atoms with Gasteiger partial charge in [-0.25, -0.2) is 0 Å². The molecule has 0 aliphatic carbocycles. The summed E-state index contributed by atoms with van der Waals surface area (Å²) < 4.78 is 3.28. The lowest BCUT2D eigenvalue weighted by Crippen LogP contribution is -1.99. The topological polar surface area (TPSA) is 28.7 Å². The Balaban J connectivity index is 2.10. The van der Waals surface area contributed by atoms with Crippen molar-refractivity contribution in [3.05, 3.63) is 86.1 Å². The molecule has 0 N–H and O–H groups in total. The van der Waals surface area contributed by atoms with Gasteiger partial charge in [-0.3, -0.25) is 0 Å². The van der Waals surface area contributed by atoms with Crippen LogP contribution >= 0.6 is 27.5 Å². The van der Waals surface area contributed by atoms with E-state index in [9.17, 15) is 5.26 Å². The summed E-state index contributed by atoms with van der Waals surface area (Å²) in [4.78, 5) is 0. The Morgan fingerprint density at radius 3 is 2.54 bits per heavy atom. The summed E-state index contributed by atoms with van der Waals surface area (Å²) in [6.45, 7) is 6.21. The quantitative estimate of drug-likeness (QED) is 0.420. The second-order valence-corrected chi connectivity index (χ2v) is 7.57. The molecule has 0 saturated heterocycles. The predicted octanol–water partition coefficient (Wildman–Crippen LogP) is 6.88. The maximum Gasteiger partial charge on any atom is 0.0998 e. The molecule has 3 aromatic rings. The zero-order chi connectivity index (χ0) is 18.8. The van der Waals surface area contributed by atoms with Gasteiger partial charge in [-0.2, -0.15) is 5.26 Å². The molecule has 0 saturated carbocycles. The van der Waals surface area contributed by atoms with Crippen molar-refractivity contribution in [1.29, 1.82) is 5.26 Å². The van der Waals surface area contributed by atoms with Crippen molar-refractivity contribution in [2.45, 2.75) is 20.8 Å². The van der Waals surface area contributed by atoms with Gasteiger partial charge in [0.15, 0.2) is 0 Å². The molecule has 3 rings (SSSR count). The van der Waals surface area contributed by atoms with E-state index < -0.39 is 0 Å². The lowest BCUT2D eigenvalue weighted by Gasteiger charge is -2.11. The summed E-state index contributed by atoms with van der Waals surface area (Å²) >= 11 is 9.68. The fourth-order valence-corrected chi connectivity index (χ4v) is 3.60. The van der Waals surface area contributed by atoms with Gasteiger partial charge in [-0.05, 0) is 73.9 Å². The largest absolute Gasteiger partial charge is 0.318 e. The second-order valence-electron chi connectivity index (χ2n) is 6.28. The highest BCUT2D eigenvalue weighted by Gasteiger charge is 2.12. The number of aromatic nitrogens is 1. The molecular formula is C22H18BrClN2. The van der Waals surface area contributed by atoms with E-state index in [1.54, 1.807) is 6.07 Å². The summed E-state index contributed by atoms with van der Waals surface area (Å²) in [7, 11) is 0. The number of allylic oxidation sites excluding steroid dienone is 1. The molecule has 2 aromatic carbocycles. The van der Waals surface area contributed by atoms with Crippen LogP contribution in [0.4, 0.5) is 0 Å². The van der Waals surface area contributed by atoms with Crippen LogP contribution in [0.25, 0.3) is 17.3 Å². The number of nitrogens with zero attached hydrogens (tertiary/aromatic N) is 2. The Bertz CT molecular complexity index is 1050. The molecule has 0 aliphatic rings. The first-order valence-electron chi connectivity index (χ1n) is 8.24. The van der Waals surface area contributed by atoms with Gasteiger partial charge >= 0.3 is 0 Å². The minimum atomic E-state index is 0.595. The van der Waals surface area contributed by atoms with Crippen LogP contribution in [-0.4, -0.2) is 4.57 Å². The van der Waals surface area contributed by atoms with Crippen LogP contribution in [0.1, 0.15) is 28.1 Å². The summed E-state index contributed by atoms with van der Waals surface area (Å²) in [6.07, 6.45) is 1.92. The van der Waals surface area contributed by atoms with Crippen LogP contribution in [0, 0.1) is 32.1 Å². The van der Waals surface area contributed by atoms with Crippen molar-refractivity contribution in [2.75, 3.05) is 0 Å². The molecule has 4 heteroatoms. The van der Waals surface area contributed by atoms with Gasteiger partial charge in [-0.15, -0.1) is 0 Å². The molecule has 0 radical (unpaired) electrons. The molecule has 0 unspecified atom stereocenters. The van der Waals surface area contributed by atoms with E-state index in [4.69, 9.17) is 11.6 Å². The molecule has 130 valence electrons. The monoisotopic (exact) mass is 424 g/mol. The first kappa shape index (κ1) is 18.5. The Kier molecular flexibility index (Phi) is 5.36. The highest BCUT2D eigenvalue weighted by molar-refractivity contribution is 9.10. The summed E-state index contributed by atoms with van der Waals surface area (Å²) in [5.41, 5.74) is 6.94. The molecule has 0 fully saturated rings. The maximum absolute atomic E-state index is 9.61. The van der Waals surface area contributed by atoms with E-state index in [0.717, 1.165) is 32.7 Å². The molecule has 2 nitrogen and oxygen atoms in total. The molecule has 1 aromatic heterocycles. The van der Waals surface area contributed by atoms with E-state index in [0.29, 0.717) is 10.6 Å². The van der Waals surface area contributed by atoms with Crippen LogP contribution in [0.15, 0.2) is 53.0 Å². The summed E-state index contributed by atoms with van der Waals surface area (Å²) in [6, 6.07) is 18.1. The van der Waals surface area contributed by atoms with Crippen molar-refractivity contribution < 1.29 is 0 Å². The van der Waals surface area contributed by atoms with E-state index in [2.05, 4.69) is 71.6 Å². The Hall–Kier alpha value is -2.28. The second kappa shape index (κ2) is 7.53. The number of hydrogen-bond donors (Lipinski definition) is 0. The zero-order valence-electron chi connectivity index (χ0n) is 14.8. The van der Waals surface area contributed by atoms with E-state index >= 15 is 0 Å². The van der Waals surface area contributed by atoms with Crippen molar-refractivity contribution in [2.24, 2.45) is 0 Å². The van der Waals surface area contributed by atoms with Gasteiger partial charge in [-0.1, -0.05) is 45.7 Å². The molecule has 1 heterocycles. The van der Waals surface area contributed by atoms with Gasteiger partial charge in [0.25, 0.3) is 0 Å². The molecule has 0 aliphatic heterocycles. The molecule has 0 amide bonds. The highest BCUT2D eigenvalue weighted by atomic mass is 79.9. The van der Waals surface area contributed by atoms with Crippen LogP contribution in [0.2, 0.25) is 5.02 Å². The maximum atomic E-state index is 9.61. The zero-order valence-corrected chi connectivity index (χ0v) is 17.2. The Labute approximate surface area is 167 Å². The summed E-state index contributed by atoms with van der Waals surface area (Å²) in [5.74, 6) is 0. The standard InChI is InChI=1S/C22H18BrClN2/c1-14-7-8-21(12-22(14)23)26-15(2)9-18(16(26)3)10-19(13-25)17-5-4-6-20(24)11-17/h4-12H,1-3H3/b19-10-. The molecular weight excluding hydrogens is 408 g/mol. The summed E-state index contributed by atoms with van der Waals surface area (Å²) in [5, 5.41) is 10.2. The molecule has 0 bridgehead atoms. The van der Waals surface area contributed by atoms with Crippen molar-refractivity contribution in [3.63, 3.8) is 0 Å². The average molecular weight is 426 g/mol. The fraction of sp³-hybridized carbons (Fsp3) is 0.136. The predicted molar refractivity (Wildman–Crippen MR) is 113 cm³/mol. The van der Waals surface area contributed by atoms with Gasteiger partial charge in [0, 0.05) is 26.6 Å². The van der Waals surface area contributed by atoms with E-state index in [1.165, 1.54) is 5.56 Å². The minimum absolute atomic E-state index is 0.595. The number of hydrogen-bond acceptors (Lipinski definition) is 1. The van der Waals surface area contributed by atoms with E-state index in [1.807, 2.05) is 24.3 Å². The third-order valence-electron chi connectivity index (χ3n) is 4.44. The van der Waals surface area contributed by atoms with Gasteiger partial charge in [0.05, 0.1) is 11.6 Å². The van der Waals surface area contributed by atoms with Gasteiger partial charge in [0.1, 0.15) is 0 Å². The number of nitriles is 1. The first-order chi connectivity index (χ1) is 12.4. The molecule has 26 heavy (non-hydrogen) atoms.